The second kappa shape index (κ2) is 9.42. The van der Waals surface area contributed by atoms with Crippen molar-refractivity contribution in [2.75, 3.05) is 39.9 Å². The van der Waals surface area contributed by atoms with Crippen molar-refractivity contribution in [1.82, 2.24) is 10.2 Å². The van der Waals surface area contributed by atoms with Gasteiger partial charge in [-0.25, -0.2) is 0 Å². The summed E-state index contributed by atoms with van der Waals surface area (Å²) in [5.41, 5.74) is 0. The lowest BCUT2D eigenvalue weighted by atomic mass is 10.1. The van der Waals surface area contributed by atoms with Crippen LogP contribution in [-0.4, -0.2) is 50.7 Å². The summed E-state index contributed by atoms with van der Waals surface area (Å²) >= 11 is 0. The molecule has 17 heavy (non-hydrogen) atoms. The summed E-state index contributed by atoms with van der Waals surface area (Å²) in [6.07, 6.45) is 6.52. The molecule has 1 fully saturated rings. The SMILES string of the molecule is COCCNCCCN1CCCCCCC1=O. The van der Waals surface area contributed by atoms with Gasteiger partial charge >= 0.3 is 0 Å². The number of hydrogen-bond acceptors (Lipinski definition) is 3. The number of nitrogens with one attached hydrogen (secondary N) is 1. The second-order valence-electron chi connectivity index (χ2n) is 4.64. The molecular weight excluding hydrogens is 216 g/mol. The Bertz CT molecular complexity index is 210. The Kier molecular flexibility index (Phi) is 8.01. The molecule has 0 aromatic rings. The van der Waals surface area contributed by atoms with Crippen LogP contribution in [0, 0.1) is 0 Å². The van der Waals surface area contributed by atoms with E-state index in [4.69, 9.17) is 4.74 Å². The van der Waals surface area contributed by atoms with E-state index in [0.29, 0.717) is 5.91 Å². The number of likely N-dealkylation sites (tertiary alicyclic amines) is 1. The molecule has 0 unspecified atom stereocenters. The lowest BCUT2D eigenvalue weighted by Crippen LogP contribution is -2.35. The number of amides is 1. The van der Waals surface area contributed by atoms with Crippen LogP contribution in [0.4, 0.5) is 0 Å². The summed E-state index contributed by atoms with van der Waals surface area (Å²) in [7, 11) is 1.71. The van der Waals surface area contributed by atoms with Crippen molar-refractivity contribution in [3.05, 3.63) is 0 Å². The van der Waals surface area contributed by atoms with Gasteiger partial charge in [0.05, 0.1) is 6.61 Å². The molecule has 0 aliphatic carbocycles. The van der Waals surface area contributed by atoms with Crippen molar-refractivity contribution < 1.29 is 9.53 Å². The molecule has 0 bridgehead atoms. The molecular formula is C13H26N2O2. The first-order valence-electron chi connectivity index (χ1n) is 6.82. The van der Waals surface area contributed by atoms with Gasteiger partial charge in [0, 0.05) is 33.2 Å². The molecule has 4 heteroatoms. The van der Waals surface area contributed by atoms with Crippen LogP contribution >= 0.6 is 0 Å². The van der Waals surface area contributed by atoms with Crippen molar-refractivity contribution in [3.8, 4) is 0 Å². The molecule has 0 atom stereocenters. The van der Waals surface area contributed by atoms with E-state index < -0.39 is 0 Å². The third-order valence-corrected chi connectivity index (χ3v) is 3.19. The fourth-order valence-corrected chi connectivity index (χ4v) is 2.15. The first-order valence-corrected chi connectivity index (χ1v) is 6.82. The van der Waals surface area contributed by atoms with E-state index in [0.717, 1.165) is 52.0 Å². The van der Waals surface area contributed by atoms with Gasteiger partial charge in [-0.3, -0.25) is 4.79 Å². The van der Waals surface area contributed by atoms with Crippen LogP contribution in [0.15, 0.2) is 0 Å². The highest BCUT2D eigenvalue weighted by atomic mass is 16.5. The second-order valence-corrected chi connectivity index (χ2v) is 4.64. The molecule has 1 heterocycles. The molecule has 1 amide bonds. The van der Waals surface area contributed by atoms with E-state index in [9.17, 15) is 4.79 Å². The molecule has 0 saturated carbocycles. The van der Waals surface area contributed by atoms with Crippen LogP contribution in [-0.2, 0) is 9.53 Å². The summed E-state index contributed by atoms with van der Waals surface area (Å²) in [4.78, 5) is 13.9. The number of rotatable bonds is 7. The van der Waals surface area contributed by atoms with E-state index in [2.05, 4.69) is 5.32 Å². The van der Waals surface area contributed by atoms with Gasteiger partial charge in [-0.1, -0.05) is 12.8 Å². The topological polar surface area (TPSA) is 41.6 Å². The zero-order valence-corrected chi connectivity index (χ0v) is 11.0. The average molecular weight is 242 g/mol. The summed E-state index contributed by atoms with van der Waals surface area (Å²) in [6, 6.07) is 0. The molecule has 1 N–H and O–H groups in total. The van der Waals surface area contributed by atoms with Crippen molar-refractivity contribution in [2.24, 2.45) is 0 Å². The van der Waals surface area contributed by atoms with Gasteiger partial charge in [-0.05, 0) is 25.8 Å². The fraction of sp³-hybridized carbons (Fsp3) is 0.923. The maximum atomic E-state index is 11.8. The lowest BCUT2D eigenvalue weighted by Gasteiger charge is -2.24. The monoisotopic (exact) mass is 242 g/mol. The maximum Gasteiger partial charge on any atom is 0.222 e. The Morgan fingerprint density at radius 2 is 2.06 bits per heavy atom. The van der Waals surface area contributed by atoms with E-state index in [-0.39, 0.29) is 0 Å². The number of carbonyl (C=O) groups excluding carboxylic acids is 1. The van der Waals surface area contributed by atoms with Crippen LogP contribution in [0.2, 0.25) is 0 Å². The minimum atomic E-state index is 0.349. The van der Waals surface area contributed by atoms with Crippen molar-refractivity contribution in [1.29, 1.82) is 0 Å². The molecule has 100 valence electrons. The number of hydrogen-bond donors (Lipinski definition) is 1. The third kappa shape index (κ3) is 6.64. The Hall–Kier alpha value is -0.610. The molecule has 1 rings (SSSR count). The molecule has 1 saturated heterocycles. The zero-order chi connectivity index (χ0) is 12.3. The van der Waals surface area contributed by atoms with E-state index in [1.54, 1.807) is 7.11 Å². The molecule has 1 aliphatic heterocycles. The van der Waals surface area contributed by atoms with Crippen LogP contribution < -0.4 is 5.32 Å². The minimum Gasteiger partial charge on any atom is -0.383 e. The van der Waals surface area contributed by atoms with Gasteiger partial charge in [0.2, 0.25) is 5.91 Å². The number of methoxy groups -OCH3 is 1. The molecule has 1 aliphatic rings. The molecule has 0 radical (unpaired) electrons. The molecule has 0 aromatic carbocycles. The van der Waals surface area contributed by atoms with E-state index in [1.165, 1.54) is 19.3 Å². The number of nitrogens with zero attached hydrogens (tertiary/aromatic N) is 1. The zero-order valence-electron chi connectivity index (χ0n) is 11.0. The highest BCUT2D eigenvalue weighted by Gasteiger charge is 2.14. The average Bonchev–Trinajstić information content (AvgIpc) is 2.32. The fourth-order valence-electron chi connectivity index (χ4n) is 2.15. The van der Waals surface area contributed by atoms with Crippen LogP contribution in [0.25, 0.3) is 0 Å². The van der Waals surface area contributed by atoms with Gasteiger partial charge < -0.3 is 15.0 Å². The largest absolute Gasteiger partial charge is 0.383 e. The van der Waals surface area contributed by atoms with Gasteiger partial charge in [-0.15, -0.1) is 0 Å². The first-order chi connectivity index (χ1) is 8.34. The highest BCUT2D eigenvalue weighted by Crippen LogP contribution is 2.11. The van der Waals surface area contributed by atoms with Crippen molar-refractivity contribution in [3.63, 3.8) is 0 Å². The Morgan fingerprint density at radius 3 is 2.88 bits per heavy atom. The smallest absolute Gasteiger partial charge is 0.222 e. The highest BCUT2D eigenvalue weighted by molar-refractivity contribution is 5.76. The third-order valence-electron chi connectivity index (χ3n) is 3.19. The van der Waals surface area contributed by atoms with Crippen molar-refractivity contribution >= 4 is 5.91 Å². The summed E-state index contributed by atoms with van der Waals surface area (Å²) < 4.78 is 4.96. The van der Waals surface area contributed by atoms with E-state index >= 15 is 0 Å². The summed E-state index contributed by atoms with van der Waals surface area (Å²) in [6.45, 7) is 4.47. The predicted octanol–water partition coefficient (Wildman–Crippen LogP) is 1.41. The van der Waals surface area contributed by atoms with Gasteiger partial charge in [0.25, 0.3) is 0 Å². The summed E-state index contributed by atoms with van der Waals surface area (Å²) in [5, 5.41) is 3.31. The molecule has 4 nitrogen and oxygen atoms in total. The Balaban J connectivity index is 2.08. The number of ether oxygens (including phenoxy) is 1. The van der Waals surface area contributed by atoms with Gasteiger partial charge in [-0.2, -0.15) is 0 Å². The lowest BCUT2D eigenvalue weighted by molar-refractivity contribution is -0.131. The molecule has 0 aromatic heterocycles. The van der Waals surface area contributed by atoms with Gasteiger partial charge in [0.15, 0.2) is 0 Å². The minimum absolute atomic E-state index is 0.349. The van der Waals surface area contributed by atoms with Gasteiger partial charge in [0.1, 0.15) is 0 Å². The predicted molar refractivity (Wildman–Crippen MR) is 69.0 cm³/mol. The van der Waals surface area contributed by atoms with E-state index in [1.807, 2.05) is 4.90 Å². The number of carbonyl (C=O) groups is 1. The van der Waals surface area contributed by atoms with Crippen LogP contribution in [0.3, 0.4) is 0 Å². The quantitative estimate of drug-likeness (QED) is 0.686. The standard InChI is InChI=1S/C13H26N2O2/c1-17-12-9-14-8-6-11-15-10-5-3-2-4-7-13(15)16/h14H,2-12H2,1H3. The maximum absolute atomic E-state index is 11.8. The summed E-state index contributed by atoms with van der Waals surface area (Å²) in [5.74, 6) is 0.349. The Labute approximate surface area is 105 Å². The molecule has 0 spiro atoms. The first kappa shape index (κ1) is 14.5. The van der Waals surface area contributed by atoms with Crippen LogP contribution in [0.1, 0.15) is 38.5 Å². The normalized spacial score (nSPS) is 17.9. The van der Waals surface area contributed by atoms with Crippen molar-refractivity contribution in [2.45, 2.75) is 38.5 Å². The Morgan fingerprint density at radius 1 is 1.24 bits per heavy atom. The van der Waals surface area contributed by atoms with Crippen LogP contribution in [0.5, 0.6) is 0 Å².